The molecule has 1 aliphatic heterocycles. The zero-order chi connectivity index (χ0) is 21.8. The smallest absolute Gasteiger partial charge is 0.304 e. The van der Waals surface area contributed by atoms with E-state index < -0.39 is 36.3 Å². The molecule has 0 amide bonds. The third kappa shape index (κ3) is 5.17. The number of aliphatic carboxylic acids is 1. The summed E-state index contributed by atoms with van der Waals surface area (Å²) in [5, 5.41) is 8.86. The van der Waals surface area contributed by atoms with Crippen molar-refractivity contribution in [1.29, 1.82) is 0 Å². The van der Waals surface area contributed by atoms with Gasteiger partial charge < -0.3 is 14.7 Å². The highest BCUT2D eigenvalue weighted by Gasteiger charge is 2.26. The molecule has 1 aliphatic rings. The van der Waals surface area contributed by atoms with Crippen LogP contribution < -0.4 is 9.64 Å². The summed E-state index contributed by atoms with van der Waals surface area (Å²) in [7, 11) is 0. The molecule has 0 radical (unpaired) electrons. The molecular weight excluding hydrogens is 411 g/mol. The summed E-state index contributed by atoms with van der Waals surface area (Å²) < 4.78 is 71.5. The van der Waals surface area contributed by atoms with Gasteiger partial charge in [0.05, 0.1) is 5.69 Å². The van der Waals surface area contributed by atoms with E-state index in [1.54, 1.807) is 0 Å². The summed E-state index contributed by atoms with van der Waals surface area (Å²) in [5.41, 5.74) is -0.160. The van der Waals surface area contributed by atoms with Crippen LogP contribution in [0.3, 0.4) is 0 Å². The third-order valence-electron chi connectivity index (χ3n) is 4.86. The van der Waals surface area contributed by atoms with Gasteiger partial charge in [-0.3, -0.25) is 4.79 Å². The lowest BCUT2D eigenvalue weighted by molar-refractivity contribution is -0.138. The molecule has 0 saturated carbocycles. The molecule has 0 aliphatic carbocycles. The molecule has 1 unspecified atom stereocenters. The van der Waals surface area contributed by atoms with Crippen LogP contribution in [0.25, 0.3) is 11.3 Å². The predicted molar refractivity (Wildman–Crippen MR) is 98.3 cm³/mol. The van der Waals surface area contributed by atoms with Crippen molar-refractivity contribution < 1.29 is 36.6 Å². The molecule has 1 N–H and O–H groups in total. The van der Waals surface area contributed by atoms with Gasteiger partial charge in [-0.1, -0.05) is 6.07 Å². The van der Waals surface area contributed by atoms with Gasteiger partial charge in [-0.2, -0.15) is 4.39 Å². The Balaban J connectivity index is 1.78. The maximum Gasteiger partial charge on any atom is 0.304 e. The highest BCUT2D eigenvalue weighted by atomic mass is 19.3. The normalized spacial score (nSPS) is 16.0. The number of aromatic nitrogens is 1. The topological polar surface area (TPSA) is 62.7 Å². The first-order valence-electron chi connectivity index (χ1n) is 9.26. The molecule has 1 aromatic heterocycles. The number of pyridine rings is 1. The average Bonchev–Trinajstić information content (AvgIpc) is 2.68. The molecule has 1 fully saturated rings. The number of nitrogens with zero attached hydrogens (tertiary/aromatic N) is 2. The first-order valence-corrected chi connectivity index (χ1v) is 9.26. The van der Waals surface area contributed by atoms with Crippen LogP contribution in [-0.2, 0) is 4.79 Å². The van der Waals surface area contributed by atoms with Gasteiger partial charge in [0.15, 0.2) is 0 Å². The molecule has 0 spiro atoms. The third-order valence-corrected chi connectivity index (χ3v) is 4.86. The summed E-state index contributed by atoms with van der Waals surface area (Å²) in [6.45, 7) is 0.635. The number of alkyl halides is 3. The van der Waals surface area contributed by atoms with Crippen molar-refractivity contribution in [2.45, 2.75) is 32.0 Å². The lowest BCUT2D eigenvalue weighted by atomic mass is 9.93. The number of benzene rings is 1. The monoisotopic (exact) mass is 430 g/mol. The van der Waals surface area contributed by atoms with Gasteiger partial charge in [0.1, 0.15) is 17.3 Å². The second kappa shape index (κ2) is 9.27. The van der Waals surface area contributed by atoms with Gasteiger partial charge in [-0.25, -0.2) is 22.5 Å². The number of carbonyl (C=O) groups is 1. The maximum absolute atomic E-state index is 14.7. The largest absolute Gasteiger partial charge is 0.481 e. The number of carboxylic acids is 1. The molecule has 10 heteroatoms. The van der Waals surface area contributed by atoms with Crippen LogP contribution in [0, 0.1) is 17.6 Å². The minimum atomic E-state index is -3.36. The number of halogens is 5. The molecule has 1 atom stereocenters. The van der Waals surface area contributed by atoms with E-state index in [0.29, 0.717) is 25.9 Å². The average molecular weight is 430 g/mol. The molecular formula is C20H19F5N2O3. The van der Waals surface area contributed by atoms with Gasteiger partial charge in [-0.05, 0) is 37.0 Å². The lowest BCUT2D eigenvalue weighted by Gasteiger charge is -2.33. The van der Waals surface area contributed by atoms with Crippen LogP contribution in [0.4, 0.5) is 27.6 Å². The number of ether oxygens (including phenoxy) is 1. The molecule has 1 saturated heterocycles. The van der Waals surface area contributed by atoms with Crippen molar-refractivity contribution in [1.82, 2.24) is 4.98 Å². The van der Waals surface area contributed by atoms with Gasteiger partial charge in [-0.15, -0.1) is 0 Å². The molecule has 30 heavy (non-hydrogen) atoms. The molecule has 2 aromatic rings. The van der Waals surface area contributed by atoms with Crippen LogP contribution in [-0.4, -0.2) is 41.9 Å². The Morgan fingerprint density at radius 1 is 1.17 bits per heavy atom. The van der Waals surface area contributed by atoms with Crippen LogP contribution >= 0.6 is 0 Å². The zero-order valence-electron chi connectivity index (χ0n) is 15.7. The standard InChI is InChI=1S/C20H19F5N2O3/c21-13-9-12(15-2-1-3-16(26-15)30-20(25)19(23)24)10-14(22)18(13)27-6-4-11(5-7-27)8-17(28)29/h1-3,9-11,19-20H,4-8H2,(H,28,29). The second-order valence-corrected chi connectivity index (χ2v) is 6.98. The molecule has 162 valence electrons. The van der Waals surface area contributed by atoms with E-state index in [4.69, 9.17) is 5.11 Å². The van der Waals surface area contributed by atoms with E-state index in [1.165, 1.54) is 17.0 Å². The van der Waals surface area contributed by atoms with Crippen LogP contribution in [0.5, 0.6) is 5.88 Å². The van der Waals surface area contributed by atoms with E-state index in [1.807, 2.05) is 0 Å². The number of hydrogen-bond donors (Lipinski definition) is 1. The minimum absolute atomic E-state index is 0.0210. The van der Waals surface area contributed by atoms with Crippen molar-refractivity contribution in [2.24, 2.45) is 5.92 Å². The number of anilines is 1. The van der Waals surface area contributed by atoms with Crippen molar-refractivity contribution in [3.63, 3.8) is 0 Å². The quantitative estimate of drug-likeness (QED) is 0.648. The minimum Gasteiger partial charge on any atom is -0.481 e. The molecule has 3 rings (SSSR count). The highest BCUT2D eigenvalue weighted by molar-refractivity contribution is 5.67. The van der Waals surface area contributed by atoms with Gasteiger partial charge >= 0.3 is 12.4 Å². The van der Waals surface area contributed by atoms with E-state index in [9.17, 15) is 26.7 Å². The fourth-order valence-corrected chi connectivity index (χ4v) is 3.43. The summed E-state index contributed by atoms with van der Waals surface area (Å²) >= 11 is 0. The number of rotatable bonds is 7. The van der Waals surface area contributed by atoms with E-state index in [0.717, 1.165) is 18.2 Å². The highest BCUT2D eigenvalue weighted by Crippen LogP contribution is 2.33. The van der Waals surface area contributed by atoms with Crippen LogP contribution in [0.15, 0.2) is 30.3 Å². The van der Waals surface area contributed by atoms with Crippen LogP contribution in [0.1, 0.15) is 19.3 Å². The fourth-order valence-electron chi connectivity index (χ4n) is 3.43. The summed E-state index contributed by atoms with van der Waals surface area (Å²) in [4.78, 5) is 16.2. The maximum atomic E-state index is 14.7. The van der Waals surface area contributed by atoms with E-state index in [2.05, 4.69) is 9.72 Å². The Labute approximate surface area is 169 Å². The predicted octanol–water partition coefficient (Wildman–Crippen LogP) is 4.66. The van der Waals surface area contributed by atoms with E-state index in [-0.39, 0.29) is 29.3 Å². The van der Waals surface area contributed by atoms with Gasteiger partial charge in [0.25, 0.3) is 6.36 Å². The number of hydrogen-bond acceptors (Lipinski definition) is 4. The van der Waals surface area contributed by atoms with E-state index >= 15 is 0 Å². The zero-order valence-corrected chi connectivity index (χ0v) is 15.7. The van der Waals surface area contributed by atoms with Crippen molar-refractivity contribution in [3.05, 3.63) is 42.0 Å². The fraction of sp³-hybridized carbons (Fsp3) is 0.400. The lowest BCUT2D eigenvalue weighted by Crippen LogP contribution is -2.35. The Kier molecular flexibility index (Phi) is 6.73. The Bertz CT molecular complexity index is 881. The van der Waals surface area contributed by atoms with Crippen LogP contribution in [0.2, 0.25) is 0 Å². The van der Waals surface area contributed by atoms with Crippen molar-refractivity contribution >= 4 is 11.7 Å². The number of carboxylic acid groups (broad SMARTS) is 1. The Morgan fingerprint density at radius 2 is 1.80 bits per heavy atom. The van der Waals surface area contributed by atoms with Gasteiger partial charge in [0.2, 0.25) is 5.88 Å². The summed E-state index contributed by atoms with van der Waals surface area (Å²) in [6.07, 6.45) is -5.20. The van der Waals surface area contributed by atoms with Crippen molar-refractivity contribution in [2.75, 3.05) is 18.0 Å². The summed E-state index contributed by atoms with van der Waals surface area (Å²) in [6, 6.07) is 5.98. The molecule has 0 bridgehead atoms. The van der Waals surface area contributed by atoms with Crippen molar-refractivity contribution in [3.8, 4) is 17.1 Å². The first kappa shape index (κ1) is 21.8. The second-order valence-electron chi connectivity index (χ2n) is 6.98. The van der Waals surface area contributed by atoms with Gasteiger partial charge in [0, 0.05) is 31.1 Å². The Hall–Kier alpha value is -2.91. The first-order chi connectivity index (χ1) is 14.2. The molecule has 1 aromatic carbocycles. The molecule has 5 nitrogen and oxygen atoms in total. The number of piperidine rings is 1. The molecule has 2 heterocycles. The SMILES string of the molecule is O=C(O)CC1CCN(c2c(F)cc(-c3cccc(OC(F)C(F)F)n3)cc2F)CC1. The Morgan fingerprint density at radius 3 is 2.37 bits per heavy atom. The summed E-state index contributed by atoms with van der Waals surface area (Å²) in [5.74, 6) is -3.06.